The zero-order chi connectivity index (χ0) is 17.5. The lowest BCUT2D eigenvalue weighted by molar-refractivity contribution is -0.118. The number of ether oxygens (including phenoxy) is 4. The predicted octanol–water partition coefficient (Wildman–Crippen LogP) is 3.38. The molecule has 0 spiro atoms. The van der Waals surface area contributed by atoms with Gasteiger partial charge in [-0.15, -0.1) is 0 Å². The van der Waals surface area contributed by atoms with Crippen LogP contribution in [0.2, 0.25) is 5.02 Å². The second-order valence-corrected chi connectivity index (χ2v) is 5.14. The topological polar surface area (TPSA) is 66.0 Å². The molecule has 0 bridgehead atoms. The monoisotopic (exact) mass is 351 g/mol. The summed E-state index contributed by atoms with van der Waals surface area (Å²) in [7, 11) is 4.53. The third-order valence-corrected chi connectivity index (χ3v) is 3.38. The van der Waals surface area contributed by atoms with Gasteiger partial charge in [0.1, 0.15) is 5.75 Å². The van der Waals surface area contributed by atoms with Crippen molar-refractivity contribution < 1.29 is 23.7 Å². The highest BCUT2D eigenvalue weighted by Crippen LogP contribution is 2.39. The first-order chi connectivity index (χ1) is 11.6. The van der Waals surface area contributed by atoms with Crippen LogP contribution in [0.3, 0.4) is 0 Å². The van der Waals surface area contributed by atoms with E-state index in [9.17, 15) is 4.79 Å². The SMILES string of the molecule is COc1cc(NC(=O)COc2ccc(Cl)cc2)cc(OC)c1OC. The zero-order valence-corrected chi connectivity index (χ0v) is 14.3. The normalized spacial score (nSPS) is 10.0. The fourth-order valence-corrected chi connectivity index (χ4v) is 2.16. The van der Waals surface area contributed by atoms with Gasteiger partial charge in [0.2, 0.25) is 5.75 Å². The molecular formula is C17H18ClNO5. The quantitative estimate of drug-likeness (QED) is 0.828. The maximum absolute atomic E-state index is 12.0. The molecule has 7 heteroatoms. The van der Waals surface area contributed by atoms with Crippen LogP contribution >= 0.6 is 11.6 Å². The molecule has 24 heavy (non-hydrogen) atoms. The molecule has 0 radical (unpaired) electrons. The summed E-state index contributed by atoms with van der Waals surface area (Å²) in [6, 6.07) is 10.0. The Bertz CT molecular complexity index is 678. The molecule has 0 aromatic heterocycles. The van der Waals surface area contributed by atoms with Crippen molar-refractivity contribution in [3.63, 3.8) is 0 Å². The van der Waals surface area contributed by atoms with E-state index in [-0.39, 0.29) is 12.5 Å². The van der Waals surface area contributed by atoms with Crippen LogP contribution in [-0.2, 0) is 4.79 Å². The molecule has 1 amide bonds. The van der Waals surface area contributed by atoms with Gasteiger partial charge in [-0.05, 0) is 24.3 Å². The van der Waals surface area contributed by atoms with Crippen LogP contribution < -0.4 is 24.3 Å². The lowest BCUT2D eigenvalue weighted by atomic mass is 10.2. The molecule has 0 aliphatic rings. The van der Waals surface area contributed by atoms with Gasteiger partial charge in [0.25, 0.3) is 5.91 Å². The Morgan fingerprint density at radius 2 is 1.58 bits per heavy atom. The molecule has 0 fully saturated rings. The number of rotatable bonds is 7. The maximum Gasteiger partial charge on any atom is 0.262 e. The van der Waals surface area contributed by atoms with Gasteiger partial charge in [-0.3, -0.25) is 4.79 Å². The summed E-state index contributed by atoms with van der Waals surface area (Å²) in [6.45, 7) is -0.141. The molecule has 0 aliphatic carbocycles. The van der Waals surface area contributed by atoms with E-state index in [1.165, 1.54) is 21.3 Å². The molecular weight excluding hydrogens is 334 g/mol. The highest BCUT2D eigenvalue weighted by Gasteiger charge is 2.14. The molecule has 0 saturated carbocycles. The van der Waals surface area contributed by atoms with Crippen LogP contribution in [0.1, 0.15) is 0 Å². The van der Waals surface area contributed by atoms with Crippen molar-refractivity contribution in [2.45, 2.75) is 0 Å². The molecule has 2 rings (SSSR count). The van der Waals surface area contributed by atoms with Crippen molar-refractivity contribution in [1.29, 1.82) is 0 Å². The summed E-state index contributed by atoms with van der Waals surface area (Å²) >= 11 is 5.79. The average Bonchev–Trinajstić information content (AvgIpc) is 2.60. The van der Waals surface area contributed by atoms with Crippen molar-refractivity contribution in [2.75, 3.05) is 33.3 Å². The molecule has 0 saturated heterocycles. The predicted molar refractivity (Wildman–Crippen MR) is 91.7 cm³/mol. The van der Waals surface area contributed by atoms with Crippen LogP contribution in [-0.4, -0.2) is 33.8 Å². The first kappa shape index (κ1) is 17.7. The number of nitrogens with one attached hydrogen (secondary N) is 1. The van der Waals surface area contributed by atoms with Crippen LogP contribution in [0.25, 0.3) is 0 Å². The van der Waals surface area contributed by atoms with Crippen LogP contribution in [0, 0.1) is 0 Å². The second kappa shape index (κ2) is 8.31. The molecule has 128 valence electrons. The Kier molecular flexibility index (Phi) is 6.14. The molecule has 2 aromatic carbocycles. The van der Waals surface area contributed by atoms with Gasteiger partial charge in [-0.2, -0.15) is 0 Å². The fourth-order valence-electron chi connectivity index (χ4n) is 2.03. The third-order valence-electron chi connectivity index (χ3n) is 3.13. The van der Waals surface area contributed by atoms with Crippen molar-refractivity contribution in [3.05, 3.63) is 41.4 Å². The van der Waals surface area contributed by atoms with Crippen molar-refractivity contribution in [1.82, 2.24) is 0 Å². The van der Waals surface area contributed by atoms with Crippen LogP contribution in [0.15, 0.2) is 36.4 Å². The minimum atomic E-state index is -0.320. The molecule has 0 unspecified atom stereocenters. The van der Waals surface area contributed by atoms with Gasteiger partial charge in [0.15, 0.2) is 18.1 Å². The Morgan fingerprint density at radius 1 is 1.00 bits per heavy atom. The summed E-state index contributed by atoms with van der Waals surface area (Å²) in [5.41, 5.74) is 0.509. The minimum Gasteiger partial charge on any atom is -0.493 e. The van der Waals surface area contributed by atoms with Gasteiger partial charge in [-0.1, -0.05) is 11.6 Å². The van der Waals surface area contributed by atoms with Crippen LogP contribution in [0.5, 0.6) is 23.0 Å². The highest BCUT2D eigenvalue weighted by atomic mass is 35.5. The number of anilines is 1. The number of halogens is 1. The van der Waals surface area contributed by atoms with E-state index in [0.717, 1.165) is 0 Å². The molecule has 1 N–H and O–H groups in total. The number of carbonyl (C=O) groups is 1. The average molecular weight is 352 g/mol. The van der Waals surface area contributed by atoms with Gasteiger partial charge >= 0.3 is 0 Å². The largest absolute Gasteiger partial charge is 0.493 e. The van der Waals surface area contributed by atoms with Gasteiger partial charge < -0.3 is 24.3 Å². The number of amides is 1. The van der Waals surface area contributed by atoms with E-state index >= 15 is 0 Å². The lowest BCUT2D eigenvalue weighted by Gasteiger charge is -2.14. The van der Waals surface area contributed by atoms with Gasteiger partial charge in [0, 0.05) is 22.8 Å². The standard InChI is InChI=1S/C17H18ClNO5/c1-21-14-8-12(9-15(22-2)17(14)23-3)19-16(20)10-24-13-6-4-11(18)5-7-13/h4-9H,10H2,1-3H3,(H,19,20). The first-order valence-electron chi connectivity index (χ1n) is 7.05. The Hall–Kier alpha value is -2.60. The molecule has 6 nitrogen and oxygen atoms in total. The third kappa shape index (κ3) is 4.45. The summed E-state index contributed by atoms with van der Waals surface area (Å²) in [6.07, 6.45) is 0. The minimum absolute atomic E-state index is 0.141. The molecule has 0 heterocycles. The van der Waals surface area contributed by atoms with Crippen molar-refractivity contribution >= 4 is 23.2 Å². The summed E-state index contributed by atoms with van der Waals surface area (Å²) in [5, 5.41) is 3.32. The molecule has 2 aromatic rings. The number of hydrogen-bond donors (Lipinski definition) is 1. The van der Waals surface area contributed by atoms with Gasteiger partial charge in [-0.25, -0.2) is 0 Å². The second-order valence-electron chi connectivity index (χ2n) is 4.70. The molecule has 0 atom stereocenters. The number of methoxy groups -OCH3 is 3. The van der Waals surface area contributed by atoms with Crippen molar-refractivity contribution in [2.24, 2.45) is 0 Å². The highest BCUT2D eigenvalue weighted by molar-refractivity contribution is 6.30. The van der Waals surface area contributed by atoms with E-state index in [0.29, 0.717) is 33.7 Å². The zero-order valence-electron chi connectivity index (χ0n) is 13.6. The Morgan fingerprint density at radius 3 is 2.08 bits per heavy atom. The van der Waals surface area contributed by atoms with E-state index in [1.807, 2.05) is 0 Å². The number of benzene rings is 2. The van der Waals surface area contributed by atoms with Crippen molar-refractivity contribution in [3.8, 4) is 23.0 Å². The van der Waals surface area contributed by atoms with E-state index in [4.69, 9.17) is 30.5 Å². The molecule has 0 aliphatic heterocycles. The van der Waals surface area contributed by atoms with Gasteiger partial charge in [0.05, 0.1) is 21.3 Å². The lowest BCUT2D eigenvalue weighted by Crippen LogP contribution is -2.20. The van der Waals surface area contributed by atoms with Crippen LogP contribution in [0.4, 0.5) is 5.69 Å². The number of carbonyl (C=O) groups excluding carboxylic acids is 1. The smallest absolute Gasteiger partial charge is 0.262 e. The number of hydrogen-bond acceptors (Lipinski definition) is 5. The van der Waals surface area contributed by atoms with E-state index < -0.39 is 0 Å². The fraction of sp³-hybridized carbons (Fsp3) is 0.235. The van der Waals surface area contributed by atoms with E-state index in [2.05, 4.69) is 5.32 Å². The van der Waals surface area contributed by atoms with E-state index in [1.54, 1.807) is 36.4 Å². The Labute approximate surface area is 145 Å². The Balaban J connectivity index is 2.04. The summed E-state index contributed by atoms with van der Waals surface area (Å²) in [5.74, 6) is 1.59. The first-order valence-corrected chi connectivity index (χ1v) is 7.43. The maximum atomic E-state index is 12.0. The summed E-state index contributed by atoms with van der Waals surface area (Å²) in [4.78, 5) is 12.0. The summed E-state index contributed by atoms with van der Waals surface area (Å²) < 4.78 is 21.1.